The molecule has 2 atom stereocenters. The van der Waals surface area contributed by atoms with Crippen LogP contribution in [0.25, 0.3) is 0 Å². The van der Waals surface area contributed by atoms with Gasteiger partial charge in [0.2, 0.25) is 5.91 Å². The van der Waals surface area contributed by atoms with E-state index in [9.17, 15) is 4.79 Å². The topological polar surface area (TPSA) is 60.2 Å². The van der Waals surface area contributed by atoms with Gasteiger partial charge < -0.3 is 4.74 Å². The van der Waals surface area contributed by atoms with E-state index >= 15 is 0 Å². The molecule has 2 aromatic heterocycles. The fraction of sp³-hybridized carbons (Fsp3) is 0.471. The number of hydrogen-bond donors (Lipinski definition) is 0. The highest BCUT2D eigenvalue weighted by molar-refractivity contribution is 5.97. The molecule has 1 amide bonds. The summed E-state index contributed by atoms with van der Waals surface area (Å²) in [4.78, 5) is 19.3. The number of anilines is 1. The molecule has 4 rings (SSSR count). The molecular weight excluding hydrogens is 292 g/mol. The van der Waals surface area contributed by atoms with Gasteiger partial charge in [-0.2, -0.15) is 5.10 Å². The minimum absolute atomic E-state index is 0.0558. The van der Waals surface area contributed by atoms with Crippen molar-refractivity contribution in [3.63, 3.8) is 0 Å². The van der Waals surface area contributed by atoms with E-state index < -0.39 is 0 Å². The summed E-state index contributed by atoms with van der Waals surface area (Å²) in [5.74, 6) is 2.09. The first-order valence-corrected chi connectivity index (χ1v) is 8.01. The van der Waals surface area contributed by atoms with E-state index in [1.54, 1.807) is 19.5 Å². The highest BCUT2D eigenvalue weighted by atomic mass is 16.5. The molecule has 6 heteroatoms. The molecule has 2 aliphatic rings. The lowest BCUT2D eigenvalue weighted by molar-refractivity contribution is -0.120. The first kappa shape index (κ1) is 14.2. The van der Waals surface area contributed by atoms with Crippen LogP contribution in [0.3, 0.4) is 0 Å². The number of rotatable bonds is 3. The van der Waals surface area contributed by atoms with Crippen molar-refractivity contribution in [3.05, 3.63) is 35.8 Å². The Hall–Kier alpha value is -2.37. The second kappa shape index (κ2) is 5.37. The van der Waals surface area contributed by atoms with Crippen molar-refractivity contribution in [1.29, 1.82) is 0 Å². The van der Waals surface area contributed by atoms with Crippen molar-refractivity contribution >= 4 is 11.7 Å². The van der Waals surface area contributed by atoms with E-state index in [2.05, 4.69) is 10.1 Å². The fourth-order valence-corrected chi connectivity index (χ4v) is 3.51. The lowest BCUT2D eigenvalue weighted by Crippen LogP contribution is -2.37. The lowest BCUT2D eigenvalue weighted by Gasteiger charge is -2.28. The minimum Gasteiger partial charge on any atom is -0.495 e. The zero-order valence-electron chi connectivity index (χ0n) is 13.4. The number of hydrogen-bond acceptors (Lipinski definition) is 4. The van der Waals surface area contributed by atoms with Gasteiger partial charge in [-0.3, -0.25) is 14.4 Å². The van der Waals surface area contributed by atoms with Gasteiger partial charge in [0.15, 0.2) is 0 Å². The van der Waals surface area contributed by atoms with Gasteiger partial charge in [0, 0.05) is 37.3 Å². The molecule has 0 aromatic carbocycles. The molecule has 0 radical (unpaired) electrons. The quantitative estimate of drug-likeness (QED) is 0.868. The molecule has 1 fully saturated rings. The maximum Gasteiger partial charge on any atom is 0.231 e. The van der Waals surface area contributed by atoms with E-state index in [0.29, 0.717) is 5.92 Å². The Morgan fingerprint density at radius 2 is 2.30 bits per heavy atom. The Morgan fingerprint density at radius 3 is 3.04 bits per heavy atom. The Bertz CT molecular complexity index is 755. The zero-order chi connectivity index (χ0) is 16.0. The van der Waals surface area contributed by atoms with Crippen LogP contribution in [0.4, 0.5) is 5.82 Å². The summed E-state index contributed by atoms with van der Waals surface area (Å²) in [6, 6.07) is 4.00. The molecule has 6 nitrogen and oxygen atoms in total. The largest absolute Gasteiger partial charge is 0.495 e. The van der Waals surface area contributed by atoms with Crippen molar-refractivity contribution in [2.75, 3.05) is 18.6 Å². The summed E-state index contributed by atoms with van der Waals surface area (Å²) in [6.07, 6.45) is 6.30. The van der Waals surface area contributed by atoms with Crippen LogP contribution in [0.2, 0.25) is 0 Å². The maximum absolute atomic E-state index is 12.9. The first-order chi connectivity index (χ1) is 11.2. The average molecular weight is 312 g/mol. The number of aromatic nitrogens is 3. The van der Waals surface area contributed by atoms with Crippen LogP contribution in [-0.4, -0.2) is 34.3 Å². The van der Waals surface area contributed by atoms with Crippen molar-refractivity contribution in [1.82, 2.24) is 14.8 Å². The first-order valence-electron chi connectivity index (χ1n) is 8.01. The summed E-state index contributed by atoms with van der Waals surface area (Å²) < 4.78 is 7.11. The molecule has 0 spiro atoms. The van der Waals surface area contributed by atoms with Gasteiger partial charge in [0.05, 0.1) is 13.3 Å². The monoisotopic (exact) mass is 312 g/mol. The molecule has 0 N–H and O–H groups in total. The molecule has 2 unspecified atom stereocenters. The highest BCUT2D eigenvalue weighted by Crippen LogP contribution is 2.49. The highest BCUT2D eigenvalue weighted by Gasteiger charge is 2.48. The molecule has 1 aliphatic heterocycles. The van der Waals surface area contributed by atoms with Crippen LogP contribution in [0.5, 0.6) is 5.75 Å². The predicted octanol–water partition coefficient (Wildman–Crippen LogP) is 1.91. The summed E-state index contributed by atoms with van der Waals surface area (Å²) >= 11 is 0. The maximum atomic E-state index is 12.9. The van der Waals surface area contributed by atoms with Crippen LogP contribution < -0.4 is 9.64 Å². The fourth-order valence-electron chi connectivity index (χ4n) is 3.51. The van der Waals surface area contributed by atoms with Crippen LogP contribution in [0, 0.1) is 5.92 Å². The lowest BCUT2D eigenvalue weighted by atomic mass is 10.0. The molecular formula is C17H20N4O2. The summed E-state index contributed by atoms with van der Waals surface area (Å²) in [5.41, 5.74) is 2.24. The van der Waals surface area contributed by atoms with E-state index in [4.69, 9.17) is 4.74 Å². The second-order valence-corrected chi connectivity index (χ2v) is 6.28. The van der Waals surface area contributed by atoms with E-state index in [-0.39, 0.29) is 11.8 Å². The minimum atomic E-state index is 0.0558. The van der Waals surface area contributed by atoms with Crippen LogP contribution in [-0.2, 0) is 18.3 Å². The number of carbonyl (C=O) groups is 1. The molecule has 0 bridgehead atoms. The number of carbonyl (C=O) groups excluding carboxylic acids is 1. The molecule has 1 aliphatic carbocycles. The van der Waals surface area contributed by atoms with Crippen LogP contribution in [0.15, 0.2) is 24.5 Å². The van der Waals surface area contributed by atoms with Gasteiger partial charge in [0.25, 0.3) is 0 Å². The number of pyridine rings is 1. The molecule has 120 valence electrons. The van der Waals surface area contributed by atoms with E-state index in [1.165, 1.54) is 0 Å². The number of nitrogens with zero attached hydrogens (tertiary/aromatic N) is 4. The molecule has 3 heterocycles. The number of amides is 1. The smallest absolute Gasteiger partial charge is 0.231 e. The second-order valence-electron chi connectivity index (χ2n) is 6.28. The molecule has 2 aromatic rings. The van der Waals surface area contributed by atoms with Gasteiger partial charge in [-0.15, -0.1) is 0 Å². The molecule has 23 heavy (non-hydrogen) atoms. The van der Waals surface area contributed by atoms with Crippen LogP contribution >= 0.6 is 0 Å². The number of aryl methyl sites for hydroxylation is 2. The van der Waals surface area contributed by atoms with E-state index in [0.717, 1.165) is 48.6 Å². The third kappa shape index (κ3) is 2.38. The van der Waals surface area contributed by atoms with Gasteiger partial charge in [-0.05, 0) is 37.0 Å². The van der Waals surface area contributed by atoms with Gasteiger partial charge in [0.1, 0.15) is 11.6 Å². The summed E-state index contributed by atoms with van der Waals surface area (Å²) in [6.45, 7) is 0.750. The molecule has 1 saturated carbocycles. The van der Waals surface area contributed by atoms with Crippen molar-refractivity contribution in [2.45, 2.75) is 25.2 Å². The number of methoxy groups -OCH3 is 1. The van der Waals surface area contributed by atoms with Gasteiger partial charge >= 0.3 is 0 Å². The normalized spacial score (nSPS) is 22.6. The Kier molecular flexibility index (Phi) is 3.32. The van der Waals surface area contributed by atoms with Crippen LogP contribution in [0.1, 0.15) is 30.0 Å². The van der Waals surface area contributed by atoms with Crippen molar-refractivity contribution < 1.29 is 9.53 Å². The Labute approximate surface area is 135 Å². The van der Waals surface area contributed by atoms with Crippen molar-refractivity contribution in [3.8, 4) is 5.75 Å². The predicted molar refractivity (Wildman–Crippen MR) is 85.5 cm³/mol. The SMILES string of the molecule is COc1cnc2c(c1)CCCN2C(=O)C1CC1c1ccnn1C. The Morgan fingerprint density at radius 1 is 1.43 bits per heavy atom. The third-order valence-electron chi connectivity index (χ3n) is 4.85. The number of fused-ring (bicyclic) bond motifs is 1. The zero-order valence-corrected chi connectivity index (χ0v) is 13.4. The average Bonchev–Trinajstić information content (AvgIpc) is 3.26. The summed E-state index contributed by atoms with van der Waals surface area (Å²) in [7, 11) is 3.57. The van der Waals surface area contributed by atoms with Gasteiger partial charge in [-0.1, -0.05) is 0 Å². The van der Waals surface area contributed by atoms with E-state index in [1.807, 2.05) is 28.8 Å². The van der Waals surface area contributed by atoms with Crippen molar-refractivity contribution in [2.24, 2.45) is 13.0 Å². The third-order valence-corrected chi connectivity index (χ3v) is 4.85. The number of ether oxygens (including phenoxy) is 1. The standard InChI is InChI=1S/C17H20N4O2/c1-20-15(5-6-19-20)13-9-14(13)17(22)21-7-3-4-11-8-12(23-2)10-18-16(11)21/h5-6,8,10,13-14H,3-4,7,9H2,1-2H3. The summed E-state index contributed by atoms with van der Waals surface area (Å²) in [5, 5.41) is 4.20. The molecule has 0 saturated heterocycles. The van der Waals surface area contributed by atoms with Gasteiger partial charge in [-0.25, -0.2) is 4.98 Å². The Balaban J connectivity index is 1.56.